The first-order valence-corrected chi connectivity index (χ1v) is 10.8. The molecule has 1 N–H and O–H groups in total. The predicted molar refractivity (Wildman–Crippen MR) is 118 cm³/mol. The predicted octanol–water partition coefficient (Wildman–Crippen LogP) is 5.22. The molecule has 1 heterocycles. The number of hydrogen-bond acceptors (Lipinski definition) is 3. The summed E-state index contributed by atoms with van der Waals surface area (Å²) in [5.41, 5.74) is 2.37. The molecule has 1 amide bonds. The zero-order valence-electron chi connectivity index (χ0n) is 17.5. The second kappa shape index (κ2) is 10.1. The van der Waals surface area contributed by atoms with E-state index >= 15 is 0 Å². The largest absolute Gasteiger partial charge is 0.497 e. The first-order chi connectivity index (χ1) is 14.0. The first-order valence-electron chi connectivity index (χ1n) is 10.4. The molecule has 0 aromatic heterocycles. The summed E-state index contributed by atoms with van der Waals surface area (Å²) in [6, 6.07) is 16.3. The van der Waals surface area contributed by atoms with E-state index in [1.165, 1.54) is 11.1 Å². The Kier molecular flexibility index (Phi) is 7.57. The molecular weight excluding hydrogens is 384 g/mol. The van der Waals surface area contributed by atoms with Gasteiger partial charge in [-0.1, -0.05) is 49.7 Å². The van der Waals surface area contributed by atoms with Crippen molar-refractivity contribution in [1.29, 1.82) is 0 Å². The first kappa shape index (κ1) is 21.7. The average molecular weight is 415 g/mol. The number of amides is 1. The molecule has 0 radical (unpaired) electrons. The van der Waals surface area contributed by atoms with Gasteiger partial charge in [0, 0.05) is 30.1 Å². The molecule has 29 heavy (non-hydrogen) atoms. The molecular formula is C24H31ClN2O2. The molecule has 3 rings (SSSR count). The molecule has 1 aliphatic heterocycles. The van der Waals surface area contributed by atoms with E-state index in [4.69, 9.17) is 16.3 Å². The summed E-state index contributed by atoms with van der Waals surface area (Å²) in [6.07, 6.45) is 2.83. The third-order valence-electron chi connectivity index (χ3n) is 5.87. The highest BCUT2D eigenvalue weighted by atomic mass is 35.5. The Morgan fingerprint density at radius 2 is 1.83 bits per heavy atom. The lowest BCUT2D eigenvalue weighted by molar-refractivity contribution is -0.144. The molecule has 0 bridgehead atoms. The van der Waals surface area contributed by atoms with Gasteiger partial charge in [0.15, 0.2) is 0 Å². The normalized spacial score (nSPS) is 20.6. The molecule has 3 unspecified atom stereocenters. The maximum Gasteiger partial charge on any atom is 0.226 e. The number of carbonyl (C=O) groups is 1. The van der Waals surface area contributed by atoms with Crippen molar-refractivity contribution in [3.8, 4) is 5.75 Å². The van der Waals surface area contributed by atoms with E-state index in [0.717, 1.165) is 43.1 Å². The number of carbonyl (C=O) groups excluding carboxylic acids is 1. The van der Waals surface area contributed by atoms with Crippen molar-refractivity contribution in [2.24, 2.45) is 5.92 Å². The lowest BCUT2D eigenvalue weighted by atomic mass is 9.87. The summed E-state index contributed by atoms with van der Waals surface area (Å²) in [5.74, 6) is 1.20. The number of methoxy groups -OCH3 is 1. The fraction of sp³-hybridized carbons (Fsp3) is 0.458. The number of likely N-dealkylation sites (tertiary alicyclic amines) is 1. The van der Waals surface area contributed by atoms with Crippen molar-refractivity contribution in [3.05, 3.63) is 64.7 Å². The van der Waals surface area contributed by atoms with Gasteiger partial charge in [0.25, 0.3) is 0 Å². The minimum absolute atomic E-state index is 0.0780. The zero-order chi connectivity index (χ0) is 20.8. The number of ether oxygens (including phenoxy) is 1. The van der Waals surface area contributed by atoms with Gasteiger partial charge in [-0.05, 0) is 54.7 Å². The highest BCUT2D eigenvalue weighted by Gasteiger charge is 2.37. The summed E-state index contributed by atoms with van der Waals surface area (Å²) in [7, 11) is 1.67. The summed E-state index contributed by atoms with van der Waals surface area (Å²) in [4.78, 5) is 15.3. The Morgan fingerprint density at radius 1 is 1.14 bits per heavy atom. The molecule has 5 heteroatoms. The van der Waals surface area contributed by atoms with Crippen LogP contribution < -0.4 is 10.1 Å². The van der Waals surface area contributed by atoms with E-state index in [1.54, 1.807) is 7.11 Å². The number of hydrogen-bond donors (Lipinski definition) is 1. The van der Waals surface area contributed by atoms with Gasteiger partial charge in [-0.2, -0.15) is 0 Å². The van der Waals surface area contributed by atoms with Gasteiger partial charge in [0.2, 0.25) is 5.91 Å². The van der Waals surface area contributed by atoms with Crippen molar-refractivity contribution in [3.63, 3.8) is 0 Å². The topological polar surface area (TPSA) is 41.6 Å². The minimum atomic E-state index is 0.0780. The number of piperidine rings is 1. The van der Waals surface area contributed by atoms with Gasteiger partial charge in [-0.3, -0.25) is 4.79 Å². The number of nitrogens with one attached hydrogen (secondary N) is 1. The van der Waals surface area contributed by atoms with Crippen LogP contribution in [0.1, 0.15) is 50.3 Å². The third kappa shape index (κ3) is 5.31. The van der Waals surface area contributed by atoms with Gasteiger partial charge in [-0.25, -0.2) is 0 Å². The Hall–Kier alpha value is -2.04. The molecule has 1 fully saturated rings. The van der Waals surface area contributed by atoms with Crippen LogP contribution in [-0.2, 0) is 11.3 Å². The van der Waals surface area contributed by atoms with Crippen molar-refractivity contribution in [2.75, 3.05) is 13.7 Å². The van der Waals surface area contributed by atoms with Crippen LogP contribution in [0.5, 0.6) is 5.75 Å². The fourth-order valence-electron chi connectivity index (χ4n) is 4.09. The molecule has 0 spiro atoms. The molecule has 0 aliphatic carbocycles. The van der Waals surface area contributed by atoms with Crippen LogP contribution in [0.4, 0.5) is 0 Å². The molecule has 1 aliphatic rings. The van der Waals surface area contributed by atoms with Gasteiger partial charge < -0.3 is 15.0 Å². The molecule has 0 saturated carbocycles. The van der Waals surface area contributed by atoms with Crippen molar-refractivity contribution >= 4 is 17.5 Å². The third-order valence-corrected chi connectivity index (χ3v) is 6.12. The van der Waals surface area contributed by atoms with Crippen molar-refractivity contribution in [2.45, 2.75) is 51.7 Å². The van der Waals surface area contributed by atoms with Crippen molar-refractivity contribution in [1.82, 2.24) is 10.2 Å². The molecule has 3 atom stereocenters. The van der Waals surface area contributed by atoms with Gasteiger partial charge >= 0.3 is 0 Å². The fourth-order valence-corrected chi connectivity index (χ4v) is 4.22. The van der Waals surface area contributed by atoms with Crippen LogP contribution in [0.3, 0.4) is 0 Å². The second-order valence-electron chi connectivity index (χ2n) is 7.83. The highest BCUT2D eigenvalue weighted by Crippen LogP contribution is 2.36. The number of benzene rings is 2. The zero-order valence-corrected chi connectivity index (χ0v) is 18.3. The summed E-state index contributed by atoms with van der Waals surface area (Å²) in [5, 5.41) is 4.27. The summed E-state index contributed by atoms with van der Waals surface area (Å²) in [6.45, 7) is 5.74. The smallest absolute Gasteiger partial charge is 0.226 e. The number of nitrogens with zero attached hydrogens (tertiary/aromatic N) is 1. The van der Waals surface area contributed by atoms with E-state index in [9.17, 15) is 4.79 Å². The monoisotopic (exact) mass is 414 g/mol. The van der Waals surface area contributed by atoms with E-state index in [2.05, 4.69) is 41.4 Å². The van der Waals surface area contributed by atoms with Crippen LogP contribution in [0.2, 0.25) is 5.02 Å². The number of rotatable bonds is 8. The van der Waals surface area contributed by atoms with Crippen LogP contribution in [-0.4, -0.2) is 30.5 Å². The molecule has 1 saturated heterocycles. The Balaban J connectivity index is 1.70. The van der Waals surface area contributed by atoms with E-state index in [0.29, 0.717) is 0 Å². The Labute approximate surface area is 179 Å². The van der Waals surface area contributed by atoms with E-state index in [1.807, 2.05) is 31.2 Å². The van der Waals surface area contributed by atoms with Gasteiger partial charge in [0.05, 0.1) is 13.2 Å². The lowest BCUT2D eigenvalue weighted by Gasteiger charge is -2.43. The van der Waals surface area contributed by atoms with Gasteiger partial charge in [0.1, 0.15) is 5.75 Å². The lowest BCUT2D eigenvalue weighted by Crippen LogP contribution is -2.51. The van der Waals surface area contributed by atoms with Gasteiger partial charge in [-0.15, -0.1) is 0 Å². The summed E-state index contributed by atoms with van der Waals surface area (Å²) < 4.78 is 5.22. The second-order valence-corrected chi connectivity index (χ2v) is 8.27. The number of halogens is 1. The summed E-state index contributed by atoms with van der Waals surface area (Å²) >= 11 is 6.08. The maximum atomic E-state index is 13.1. The molecule has 2 aromatic rings. The maximum absolute atomic E-state index is 13.1. The Bertz CT molecular complexity index is 792. The SMILES string of the molecule is CCC(CNCc1ccc(OC)cc1)N1C(=O)C(C)CCC1c1ccc(Cl)cc1. The highest BCUT2D eigenvalue weighted by molar-refractivity contribution is 6.30. The van der Waals surface area contributed by atoms with Crippen LogP contribution >= 0.6 is 11.6 Å². The average Bonchev–Trinajstić information content (AvgIpc) is 2.75. The van der Waals surface area contributed by atoms with E-state index in [-0.39, 0.29) is 23.9 Å². The van der Waals surface area contributed by atoms with Crippen molar-refractivity contribution < 1.29 is 9.53 Å². The molecule has 4 nitrogen and oxygen atoms in total. The standard InChI is InChI=1S/C24H31ClN2O2/c1-4-21(16-26-15-18-6-12-22(29-3)13-7-18)27-23(14-5-17(2)24(27)28)19-8-10-20(25)11-9-19/h6-13,17,21,23,26H,4-5,14-16H2,1-3H3. The van der Waals surface area contributed by atoms with Crippen LogP contribution in [0.15, 0.2) is 48.5 Å². The minimum Gasteiger partial charge on any atom is -0.497 e. The quantitative estimate of drug-likeness (QED) is 0.644. The van der Waals surface area contributed by atoms with Crippen LogP contribution in [0.25, 0.3) is 0 Å². The molecule has 2 aromatic carbocycles. The van der Waals surface area contributed by atoms with E-state index < -0.39 is 0 Å². The van der Waals surface area contributed by atoms with Crippen LogP contribution in [0, 0.1) is 5.92 Å². The Morgan fingerprint density at radius 3 is 2.45 bits per heavy atom. The molecule has 156 valence electrons.